The van der Waals surface area contributed by atoms with Gasteiger partial charge in [-0.05, 0) is 32.8 Å². The highest BCUT2D eigenvalue weighted by Crippen LogP contribution is 2.24. The highest BCUT2D eigenvalue weighted by Gasteiger charge is 2.14. The van der Waals surface area contributed by atoms with Gasteiger partial charge in [0.2, 0.25) is 5.91 Å². The van der Waals surface area contributed by atoms with Gasteiger partial charge in [-0.1, -0.05) is 53.7 Å². The van der Waals surface area contributed by atoms with E-state index >= 15 is 0 Å². The lowest BCUT2D eigenvalue weighted by Crippen LogP contribution is -2.34. The van der Waals surface area contributed by atoms with Crippen molar-refractivity contribution in [2.45, 2.75) is 33.2 Å². The van der Waals surface area contributed by atoms with Crippen molar-refractivity contribution in [3.05, 3.63) is 82.0 Å². The van der Waals surface area contributed by atoms with Gasteiger partial charge in [-0.2, -0.15) is 5.10 Å². The molecule has 7 heteroatoms. The van der Waals surface area contributed by atoms with E-state index in [-0.39, 0.29) is 18.0 Å². The maximum atomic E-state index is 12.9. The Balaban J connectivity index is 1.50. The Labute approximate surface area is 179 Å². The van der Waals surface area contributed by atoms with Crippen LogP contribution in [-0.2, 0) is 17.8 Å². The van der Waals surface area contributed by atoms with Gasteiger partial charge in [0, 0.05) is 23.1 Å². The average Bonchev–Trinajstić information content (AvgIpc) is 3.11. The number of nitrogens with zero attached hydrogens (tertiary/aromatic N) is 3. The van der Waals surface area contributed by atoms with Crippen molar-refractivity contribution in [2.24, 2.45) is 0 Å². The summed E-state index contributed by atoms with van der Waals surface area (Å²) in [4.78, 5) is 25.4. The number of aromatic nitrogens is 3. The first-order chi connectivity index (χ1) is 15.0. The molecule has 0 saturated heterocycles. The third-order valence-electron chi connectivity index (χ3n) is 5.32. The van der Waals surface area contributed by atoms with Gasteiger partial charge >= 0.3 is 0 Å². The van der Waals surface area contributed by atoms with Crippen LogP contribution in [-0.4, -0.2) is 27.4 Å². The Morgan fingerprint density at radius 1 is 1.03 bits per heavy atom. The molecule has 0 unspecified atom stereocenters. The molecule has 0 saturated carbocycles. The summed E-state index contributed by atoms with van der Waals surface area (Å²) in [5, 5.41) is 12.7. The second-order valence-corrected chi connectivity index (χ2v) is 7.48. The van der Waals surface area contributed by atoms with Gasteiger partial charge in [0.05, 0.1) is 16.8 Å². The molecule has 2 aromatic carbocycles. The molecule has 2 heterocycles. The van der Waals surface area contributed by atoms with Crippen molar-refractivity contribution in [3.63, 3.8) is 0 Å². The predicted octanol–water partition coefficient (Wildman–Crippen LogP) is 3.42. The molecule has 1 amide bonds. The van der Waals surface area contributed by atoms with Crippen LogP contribution in [0.25, 0.3) is 22.0 Å². The molecule has 0 atom stereocenters. The summed E-state index contributed by atoms with van der Waals surface area (Å²) in [6.07, 6.45) is 1.53. The van der Waals surface area contributed by atoms with E-state index in [4.69, 9.17) is 4.52 Å². The van der Waals surface area contributed by atoms with Crippen LogP contribution >= 0.6 is 0 Å². The molecule has 0 aliphatic carbocycles. The van der Waals surface area contributed by atoms with E-state index in [0.717, 1.165) is 40.8 Å². The number of benzene rings is 2. The molecule has 4 aromatic rings. The van der Waals surface area contributed by atoms with Crippen LogP contribution in [0.1, 0.15) is 23.4 Å². The maximum absolute atomic E-state index is 12.9. The molecule has 0 bridgehead atoms. The first-order valence-corrected chi connectivity index (χ1v) is 10.3. The van der Waals surface area contributed by atoms with E-state index < -0.39 is 0 Å². The number of carbonyl (C=O) groups is 1. The smallest absolute Gasteiger partial charge is 0.275 e. The maximum Gasteiger partial charge on any atom is 0.275 e. The zero-order chi connectivity index (χ0) is 21.8. The normalized spacial score (nSPS) is 11.0. The monoisotopic (exact) mass is 416 g/mol. The fraction of sp³-hybridized carbons (Fsp3) is 0.250. The van der Waals surface area contributed by atoms with Crippen molar-refractivity contribution in [1.82, 2.24) is 20.3 Å². The SMILES string of the molecule is Cc1noc(C)c1CCCNC(=O)Cn1nc(-c2ccccc2)c2ccccc2c1=O. The quantitative estimate of drug-likeness (QED) is 0.466. The first-order valence-electron chi connectivity index (χ1n) is 10.3. The van der Waals surface area contributed by atoms with Gasteiger partial charge < -0.3 is 9.84 Å². The van der Waals surface area contributed by atoms with Crippen LogP contribution in [0.15, 0.2) is 63.9 Å². The lowest BCUT2D eigenvalue weighted by molar-refractivity contribution is -0.121. The minimum Gasteiger partial charge on any atom is -0.361 e. The summed E-state index contributed by atoms with van der Waals surface area (Å²) in [5.74, 6) is 0.562. The number of carbonyl (C=O) groups excluding carboxylic acids is 1. The largest absolute Gasteiger partial charge is 0.361 e. The molecule has 1 N–H and O–H groups in total. The molecule has 0 aliphatic rings. The van der Waals surface area contributed by atoms with Crippen LogP contribution in [0.3, 0.4) is 0 Å². The summed E-state index contributed by atoms with van der Waals surface area (Å²) in [6.45, 7) is 4.16. The number of nitrogens with one attached hydrogen (secondary N) is 1. The minimum atomic E-state index is -0.277. The van der Waals surface area contributed by atoms with Crippen LogP contribution in [0.2, 0.25) is 0 Å². The average molecular weight is 416 g/mol. The minimum absolute atomic E-state index is 0.130. The molecule has 0 spiro atoms. The number of hydrogen-bond donors (Lipinski definition) is 1. The van der Waals surface area contributed by atoms with Gasteiger partial charge in [-0.3, -0.25) is 9.59 Å². The predicted molar refractivity (Wildman–Crippen MR) is 119 cm³/mol. The van der Waals surface area contributed by atoms with E-state index in [0.29, 0.717) is 17.6 Å². The van der Waals surface area contributed by atoms with E-state index in [9.17, 15) is 9.59 Å². The number of amides is 1. The lowest BCUT2D eigenvalue weighted by Gasteiger charge is -2.11. The third-order valence-corrected chi connectivity index (χ3v) is 5.32. The Hall–Kier alpha value is -3.74. The van der Waals surface area contributed by atoms with Crippen molar-refractivity contribution in [3.8, 4) is 11.3 Å². The third kappa shape index (κ3) is 4.40. The molecule has 0 fully saturated rings. The van der Waals surface area contributed by atoms with Gasteiger partial charge in [0.1, 0.15) is 12.3 Å². The molecule has 0 aliphatic heterocycles. The highest BCUT2D eigenvalue weighted by molar-refractivity contribution is 5.93. The standard InChI is InChI=1S/C24H24N4O3/c1-16-19(17(2)31-27-16)13-8-14-25-22(29)15-28-24(30)21-12-7-6-11-20(21)23(26-28)18-9-4-3-5-10-18/h3-7,9-12H,8,13-15H2,1-2H3,(H,25,29). The van der Waals surface area contributed by atoms with Gasteiger partial charge in [0.25, 0.3) is 5.56 Å². The molecule has 2 aromatic heterocycles. The molecule has 0 radical (unpaired) electrons. The van der Waals surface area contributed by atoms with Crippen molar-refractivity contribution >= 4 is 16.7 Å². The molecular weight excluding hydrogens is 392 g/mol. The highest BCUT2D eigenvalue weighted by atomic mass is 16.5. The first kappa shape index (κ1) is 20.5. The summed E-state index contributed by atoms with van der Waals surface area (Å²) >= 11 is 0. The topological polar surface area (TPSA) is 90.0 Å². The van der Waals surface area contributed by atoms with Crippen LogP contribution < -0.4 is 10.9 Å². The number of hydrogen-bond acceptors (Lipinski definition) is 5. The number of rotatable bonds is 7. The molecule has 31 heavy (non-hydrogen) atoms. The van der Waals surface area contributed by atoms with Crippen LogP contribution in [0, 0.1) is 13.8 Å². The van der Waals surface area contributed by atoms with Gasteiger partial charge in [-0.15, -0.1) is 0 Å². The van der Waals surface area contributed by atoms with E-state index in [2.05, 4.69) is 15.6 Å². The van der Waals surface area contributed by atoms with Crippen LogP contribution in [0.5, 0.6) is 0 Å². The van der Waals surface area contributed by atoms with Crippen molar-refractivity contribution in [1.29, 1.82) is 0 Å². The Bertz CT molecular complexity index is 1260. The summed E-state index contributed by atoms with van der Waals surface area (Å²) < 4.78 is 6.41. The van der Waals surface area contributed by atoms with Crippen LogP contribution in [0.4, 0.5) is 0 Å². The Morgan fingerprint density at radius 3 is 2.45 bits per heavy atom. The number of fused-ring (bicyclic) bond motifs is 1. The fourth-order valence-electron chi connectivity index (χ4n) is 3.70. The molecule has 158 valence electrons. The summed E-state index contributed by atoms with van der Waals surface area (Å²) in [5.41, 5.74) is 3.26. The second-order valence-electron chi connectivity index (χ2n) is 7.48. The molecule has 7 nitrogen and oxygen atoms in total. The molecular formula is C24H24N4O3. The second kappa shape index (κ2) is 8.95. The van der Waals surface area contributed by atoms with E-state index in [1.165, 1.54) is 4.68 Å². The zero-order valence-corrected chi connectivity index (χ0v) is 17.6. The van der Waals surface area contributed by atoms with Gasteiger partial charge in [-0.25, -0.2) is 4.68 Å². The fourth-order valence-corrected chi connectivity index (χ4v) is 3.70. The zero-order valence-electron chi connectivity index (χ0n) is 17.6. The Morgan fingerprint density at radius 2 is 1.74 bits per heavy atom. The number of aryl methyl sites for hydroxylation is 2. The van der Waals surface area contributed by atoms with Crippen molar-refractivity contribution < 1.29 is 9.32 Å². The van der Waals surface area contributed by atoms with E-state index in [1.807, 2.05) is 62.4 Å². The lowest BCUT2D eigenvalue weighted by atomic mass is 10.1. The summed E-state index contributed by atoms with van der Waals surface area (Å²) in [7, 11) is 0. The molecule has 4 rings (SSSR count). The van der Waals surface area contributed by atoms with E-state index in [1.54, 1.807) is 6.07 Å². The summed E-state index contributed by atoms with van der Waals surface area (Å²) in [6, 6.07) is 17.0. The van der Waals surface area contributed by atoms with Crippen molar-refractivity contribution in [2.75, 3.05) is 6.54 Å². The Kier molecular flexibility index (Phi) is 5.93. The van der Waals surface area contributed by atoms with Gasteiger partial charge in [0.15, 0.2) is 0 Å².